The lowest BCUT2D eigenvalue weighted by Crippen LogP contribution is -2.53. The van der Waals surface area contributed by atoms with Crippen molar-refractivity contribution < 1.29 is 41.5 Å². The largest absolute Gasteiger partial charge is 0.642 e. The van der Waals surface area contributed by atoms with E-state index in [2.05, 4.69) is 73.4 Å². The molecule has 0 unspecified atom stereocenters. The van der Waals surface area contributed by atoms with Crippen molar-refractivity contribution in [2.75, 3.05) is 42.7 Å². The minimum absolute atomic E-state index is 0.0249. The minimum Gasteiger partial charge on any atom is -0.493 e. The van der Waals surface area contributed by atoms with E-state index in [0.29, 0.717) is 76.8 Å². The van der Waals surface area contributed by atoms with Crippen molar-refractivity contribution in [2.24, 2.45) is 4.99 Å². The average molecular weight is 948 g/mol. The van der Waals surface area contributed by atoms with Gasteiger partial charge in [0.25, 0.3) is 5.84 Å². The van der Waals surface area contributed by atoms with E-state index in [-0.39, 0.29) is 33.9 Å². The third-order valence-electron chi connectivity index (χ3n) is 11.0. The van der Waals surface area contributed by atoms with Crippen LogP contribution in [0.4, 0.5) is 14.4 Å². The highest BCUT2D eigenvalue weighted by Gasteiger charge is 2.56. The molecule has 0 fully saturated rings. The maximum atomic E-state index is 18.6. The predicted octanol–water partition coefficient (Wildman–Crippen LogP) is 11.8. The zero-order valence-electron chi connectivity index (χ0n) is 35.8. The van der Waals surface area contributed by atoms with Gasteiger partial charge in [0.15, 0.2) is 23.0 Å². The Morgan fingerprint density at radius 1 is 0.583 bits per heavy atom. The molecule has 0 saturated carbocycles. The maximum absolute atomic E-state index is 18.6. The van der Waals surface area contributed by atoms with Crippen LogP contribution in [0.1, 0.15) is 63.8 Å². The van der Waals surface area contributed by atoms with E-state index in [1.165, 1.54) is 42.7 Å². The molecule has 0 saturated heterocycles. The number of hydrogen-bond donors (Lipinski definition) is 0. The standard InChI is InChI=1S/C46H48BBr2F2N3O6/c1-45(2,3)29-17-13-25(14-18-29)39-37(48)35(27-21-31(55-7)41(59-11)32(22-27)56-8)43-52-44-36(28-23-33(57-9)42(60-12)34(24-28)58-10)38(49)40(54(44)47(50,51)53(39)43)26-15-19-30(20-16-26)46(4,5)6/h13-24H,1-12H3. The van der Waals surface area contributed by atoms with E-state index in [4.69, 9.17) is 33.4 Å². The second-order valence-corrected chi connectivity index (χ2v) is 18.2. The molecule has 314 valence electrons. The van der Waals surface area contributed by atoms with Gasteiger partial charge in [-0.25, -0.2) is 0 Å². The van der Waals surface area contributed by atoms with Gasteiger partial charge in [-0.2, -0.15) is 0 Å². The molecule has 4 aromatic carbocycles. The smallest absolute Gasteiger partial charge is 0.493 e. The van der Waals surface area contributed by atoms with Crippen LogP contribution in [0.2, 0.25) is 0 Å². The Morgan fingerprint density at radius 2 is 1.00 bits per heavy atom. The van der Waals surface area contributed by atoms with Crippen LogP contribution >= 0.6 is 31.9 Å². The monoisotopic (exact) mass is 945 g/mol. The molecular weight excluding hydrogens is 899 g/mol. The van der Waals surface area contributed by atoms with Gasteiger partial charge >= 0.3 is 6.97 Å². The Labute approximate surface area is 366 Å². The number of methoxy groups -OCH3 is 6. The van der Waals surface area contributed by atoms with Gasteiger partial charge in [0.2, 0.25) is 17.3 Å². The fourth-order valence-corrected chi connectivity index (χ4v) is 9.54. The van der Waals surface area contributed by atoms with Crippen LogP contribution in [0.25, 0.3) is 28.0 Å². The fourth-order valence-electron chi connectivity index (χ4n) is 7.89. The van der Waals surface area contributed by atoms with Crippen LogP contribution in [0.3, 0.4) is 0 Å². The number of benzene rings is 4. The number of aromatic nitrogens is 1. The predicted molar refractivity (Wildman–Crippen MR) is 243 cm³/mol. The number of rotatable bonds is 10. The topological polar surface area (TPSA) is 75.7 Å². The molecule has 0 atom stereocenters. The first-order valence-corrected chi connectivity index (χ1v) is 20.9. The zero-order valence-corrected chi connectivity index (χ0v) is 39.0. The van der Waals surface area contributed by atoms with Gasteiger partial charge in [0.1, 0.15) is 5.71 Å². The molecule has 60 heavy (non-hydrogen) atoms. The molecule has 1 aromatic heterocycles. The summed E-state index contributed by atoms with van der Waals surface area (Å²) < 4.78 is 74.5. The molecule has 0 amide bonds. The second-order valence-electron chi connectivity index (χ2n) is 16.6. The first kappa shape index (κ1) is 43.0. The number of aliphatic imine (C=N–C) groups is 1. The lowest BCUT2D eigenvalue weighted by atomic mass is 9.86. The van der Waals surface area contributed by atoms with Gasteiger partial charge in [-0.3, -0.25) is 0 Å². The molecule has 5 aromatic rings. The molecule has 2 aliphatic heterocycles. The number of halogens is 4. The molecule has 2 aliphatic rings. The summed E-state index contributed by atoms with van der Waals surface area (Å²) in [6, 6.07) is 22.4. The van der Waals surface area contributed by atoms with Crippen LogP contribution in [0.5, 0.6) is 34.5 Å². The highest BCUT2D eigenvalue weighted by Crippen LogP contribution is 2.54. The Bertz CT molecular complexity index is 2570. The number of nitrogens with zero attached hydrogens (tertiary/aromatic N) is 3. The third-order valence-corrected chi connectivity index (χ3v) is 12.6. The second kappa shape index (κ2) is 15.8. The van der Waals surface area contributed by atoms with Gasteiger partial charge in [-0.1, -0.05) is 90.1 Å². The van der Waals surface area contributed by atoms with Gasteiger partial charge in [-0.15, -0.1) is 0 Å². The number of hydrogen-bond acceptors (Lipinski definition) is 7. The van der Waals surface area contributed by atoms with Crippen LogP contribution in [0.15, 0.2) is 86.7 Å². The van der Waals surface area contributed by atoms with E-state index in [1.807, 2.05) is 48.5 Å². The van der Waals surface area contributed by atoms with Crippen molar-refractivity contribution in [1.82, 2.24) is 4.48 Å². The summed E-state index contributed by atoms with van der Waals surface area (Å²) in [5.41, 5.74) is 5.28. The number of ether oxygens (including phenoxy) is 6. The normalized spacial score (nSPS) is 14.8. The van der Waals surface area contributed by atoms with E-state index in [1.54, 1.807) is 24.3 Å². The molecule has 9 nitrogen and oxygen atoms in total. The van der Waals surface area contributed by atoms with E-state index >= 15 is 8.63 Å². The summed E-state index contributed by atoms with van der Waals surface area (Å²) in [6.45, 7) is 7.96. The molecule has 0 spiro atoms. The lowest BCUT2D eigenvalue weighted by Gasteiger charge is -2.32. The van der Waals surface area contributed by atoms with Gasteiger partial charge < -0.3 is 46.0 Å². The summed E-state index contributed by atoms with van der Waals surface area (Å²) >= 11 is 7.69. The molecule has 0 bridgehead atoms. The molecule has 0 radical (unpaired) electrons. The molecular formula is C46H48BBr2F2N3O6. The molecule has 14 heteroatoms. The number of allylic oxidation sites excluding steroid dienone is 1. The van der Waals surface area contributed by atoms with Crippen LogP contribution in [0, 0.1) is 0 Å². The SMILES string of the molecule is COc1cc(C2=C(Br)C(c3ccc(C(C)(C)C)cc3)=[N+]3C2=Nc2c(-c4cc(OC)c(OC)c(OC)c4)c(Br)c(-c4ccc(C(C)(C)C)cc4)n2[B-]3(F)F)cc(OC)c1OC. The van der Waals surface area contributed by atoms with Crippen molar-refractivity contribution in [3.05, 3.63) is 104 Å². The zero-order chi connectivity index (χ0) is 43.6. The van der Waals surface area contributed by atoms with E-state index in [9.17, 15) is 0 Å². The van der Waals surface area contributed by atoms with Crippen LogP contribution in [-0.4, -0.2) is 70.1 Å². The quantitative estimate of drug-likeness (QED) is 0.130. The summed E-state index contributed by atoms with van der Waals surface area (Å²) in [4.78, 5) is 5.27. The van der Waals surface area contributed by atoms with Crippen molar-refractivity contribution >= 4 is 61.8 Å². The first-order chi connectivity index (χ1) is 28.4. The summed E-state index contributed by atoms with van der Waals surface area (Å²) in [5.74, 6) is 2.19. The average Bonchev–Trinajstić information content (AvgIpc) is 3.69. The molecule has 0 N–H and O–H groups in total. The Morgan fingerprint density at radius 3 is 1.40 bits per heavy atom. The van der Waals surface area contributed by atoms with E-state index < -0.39 is 6.97 Å². The minimum atomic E-state index is -4.72. The van der Waals surface area contributed by atoms with Crippen LogP contribution < -0.4 is 28.4 Å². The van der Waals surface area contributed by atoms with Crippen molar-refractivity contribution in [3.63, 3.8) is 0 Å². The maximum Gasteiger partial charge on any atom is 0.642 e. The Kier molecular flexibility index (Phi) is 11.3. The Balaban J connectivity index is 1.63. The third kappa shape index (κ3) is 6.99. The summed E-state index contributed by atoms with van der Waals surface area (Å²) in [7, 11) is 9.08. The van der Waals surface area contributed by atoms with Crippen molar-refractivity contribution in [1.29, 1.82) is 0 Å². The summed E-state index contributed by atoms with van der Waals surface area (Å²) in [6.07, 6.45) is 0. The highest BCUT2D eigenvalue weighted by molar-refractivity contribution is 9.12. The van der Waals surface area contributed by atoms with Gasteiger partial charge in [-0.05, 0) is 99.8 Å². The molecule has 0 aliphatic carbocycles. The summed E-state index contributed by atoms with van der Waals surface area (Å²) in [5, 5.41) is 0. The first-order valence-electron chi connectivity index (χ1n) is 19.3. The highest BCUT2D eigenvalue weighted by atomic mass is 79.9. The molecule has 7 rings (SSSR count). The lowest BCUT2D eigenvalue weighted by molar-refractivity contribution is -0.291. The van der Waals surface area contributed by atoms with E-state index in [0.717, 1.165) is 20.1 Å². The number of fused-ring (bicyclic) bond motifs is 2. The van der Waals surface area contributed by atoms with Gasteiger partial charge in [0, 0.05) is 11.3 Å². The molecule has 3 heterocycles. The van der Waals surface area contributed by atoms with Crippen molar-refractivity contribution in [2.45, 2.75) is 52.4 Å². The fraction of sp³-hybridized carbons (Fsp3) is 0.304. The van der Waals surface area contributed by atoms with Crippen molar-refractivity contribution in [3.8, 4) is 56.9 Å². The van der Waals surface area contributed by atoms with Crippen LogP contribution in [-0.2, 0) is 10.8 Å². The number of amidine groups is 1. The van der Waals surface area contributed by atoms with Gasteiger partial charge in [0.05, 0.1) is 62.8 Å². The Hall–Kier alpha value is -5.08.